The van der Waals surface area contributed by atoms with Crippen molar-refractivity contribution < 1.29 is 9.59 Å². The maximum atomic E-state index is 12.0. The summed E-state index contributed by atoms with van der Waals surface area (Å²) in [6.07, 6.45) is 0.376. The molecule has 0 saturated carbocycles. The lowest BCUT2D eigenvalue weighted by atomic mass is 9.99. The van der Waals surface area contributed by atoms with Crippen molar-refractivity contribution in [3.63, 3.8) is 0 Å². The highest BCUT2D eigenvalue weighted by Gasteiger charge is 2.11. The summed E-state index contributed by atoms with van der Waals surface area (Å²) in [5.41, 5.74) is 9.03. The zero-order valence-electron chi connectivity index (χ0n) is 15.3. The highest BCUT2D eigenvalue weighted by atomic mass is 35.5. The van der Waals surface area contributed by atoms with Crippen molar-refractivity contribution in [2.24, 2.45) is 5.73 Å². The van der Waals surface area contributed by atoms with Crippen molar-refractivity contribution in [3.8, 4) is 0 Å². The lowest BCUT2D eigenvalue weighted by Crippen LogP contribution is -2.32. The monoisotopic (exact) mass is 374 g/mol. The van der Waals surface area contributed by atoms with Gasteiger partial charge in [0.25, 0.3) is 0 Å². The number of carbonyl (C=O) groups excluding carboxylic acids is 2. The van der Waals surface area contributed by atoms with Crippen LogP contribution in [0.2, 0.25) is 0 Å². The van der Waals surface area contributed by atoms with Gasteiger partial charge in [-0.25, -0.2) is 0 Å². The summed E-state index contributed by atoms with van der Waals surface area (Å²) < 4.78 is 0. The first-order valence-corrected chi connectivity index (χ1v) is 8.67. The average molecular weight is 375 g/mol. The van der Waals surface area contributed by atoms with Crippen LogP contribution in [0.3, 0.4) is 0 Å². The lowest BCUT2D eigenvalue weighted by molar-refractivity contribution is -0.121. The molecule has 3 N–H and O–H groups in total. The summed E-state index contributed by atoms with van der Waals surface area (Å²) >= 11 is 0. The van der Waals surface area contributed by atoms with Crippen LogP contribution in [0, 0.1) is 0 Å². The quantitative estimate of drug-likeness (QED) is 0.685. The van der Waals surface area contributed by atoms with Gasteiger partial charge in [-0.3, -0.25) is 9.59 Å². The summed E-state index contributed by atoms with van der Waals surface area (Å²) in [6.45, 7) is 4.65. The number of nitrogens with two attached hydrogens (primary N) is 1. The number of benzene rings is 2. The van der Waals surface area contributed by atoms with E-state index in [1.165, 1.54) is 5.56 Å². The van der Waals surface area contributed by atoms with Gasteiger partial charge in [0.1, 0.15) is 0 Å². The highest BCUT2D eigenvalue weighted by Crippen LogP contribution is 2.17. The summed E-state index contributed by atoms with van der Waals surface area (Å²) in [7, 11) is 0. The molecule has 4 nitrogen and oxygen atoms in total. The van der Waals surface area contributed by atoms with E-state index in [-0.39, 0.29) is 43.0 Å². The molecule has 0 heterocycles. The van der Waals surface area contributed by atoms with Crippen LogP contribution in [0.25, 0.3) is 0 Å². The Kier molecular flexibility index (Phi) is 9.03. The largest absolute Gasteiger partial charge is 0.354 e. The van der Waals surface area contributed by atoms with Crippen LogP contribution in [0.4, 0.5) is 0 Å². The van der Waals surface area contributed by atoms with E-state index in [2.05, 4.69) is 31.3 Å². The van der Waals surface area contributed by atoms with Crippen molar-refractivity contribution in [1.82, 2.24) is 5.32 Å². The molecule has 5 heteroatoms. The fourth-order valence-corrected chi connectivity index (χ4v) is 2.55. The maximum Gasteiger partial charge on any atom is 0.220 e. The third-order valence-corrected chi connectivity index (χ3v) is 4.23. The van der Waals surface area contributed by atoms with Gasteiger partial charge in [-0.2, -0.15) is 0 Å². The van der Waals surface area contributed by atoms with E-state index < -0.39 is 0 Å². The predicted molar refractivity (Wildman–Crippen MR) is 108 cm³/mol. The molecule has 0 spiro atoms. The predicted octanol–water partition coefficient (Wildman–Crippen LogP) is 4.01. The Bertz CT molecular complexity index is 700. The molecule has 0 aliphatic heterocycles. The zero-order valence-corrected chi connectivity index (χ0v) is 16.1. The minimum atomic E-state index is -0.255. The molecule has 2 aromatic carbocycles. The summed E-state index contributed by atoms with van der Waals surface area (Å²) in [4.78, 5) is 23.9. The van der Waals surface area contributed by atoms with E-state index in [0.717, 1.165) is 5.56 Å². The van der Waals surface area contributed by atoms with Crippen molar-refractivity contribution in [3.05, 3.63) is 71.3 Å². The van der Waals surface area contributed by atoms with Crippen molar-refractivity contribution in [2.45, 2.75) is 38.6 Å². The Balaban J connectivity index is 0.00000338. The lowest BCUT2D eigenvalue weighted by Gasteiger charge is -2.14. The Hall–Kier alpha value is -2.17. The molecule has 0 fully saturated rings. The highest BCUT2D eigenvalue weighted by molar-refractivity contribution is 5.97. The SMILES string of the molecule is CC(C)c1ccc(C(N)CNC(=O)CCC(=O)c2ccccc2)cc1.Cl. The standard InChI is InChI=1S/C21H26N2O2.ClH/c1-15(2)16-8-10-17(11-9-16)19(22)14-23-21(25)13-12-20(24)18-6-4-3-5-7-18;/h3-11,15,19H,12-14,22H2,1-2H3,(H,23,25);1H. The summed E-state index contributed by atoms with van der Waals surface area (Å²) in [5.74, 6) is 0.301. The maximum absolute atomic E-state index is 12.0. The molecule has 2 rings (SSSR count). The van der Waals surface area contributed by atoms with Gasteiger partial charge in [0.2, 0.25) is 5.91 Å². The number of amides is 1. The molecule has 0 bridgehead atoms. The molecule has 1 atom stereocenters. The second-order valence-corrected chi connectivity index (χ2v) is 6.52. The molecular formula is C21H27ClN2O2. The van der Waals surface area contributed by atoms with Crippen LogP contribution in [0.5, 0.6) is 0 Å². The number of nitrogens with one attached hydrogen (secondary N) is 1. The number of ketones is 1. The number of halogens is 1. The van der Waals surface area contributed by atoms with E-state index in [0.29, 0.717) is 18.0 Å². The molecule has 2 aromatic rings. The molecule has 0 aromatic heterocycles. The molecule has 0 aliphatic carbocycles. The van der Waals surface area contributed by atoms with Gasteiger partial charge in [-0.05, 0) is 17.0 Å². The molecule has 0 aliphatic rings. The fourth-order valence-electron chi connectivity index (χ4n) is 2.55. The van der Waals surface area contributed by atoms with Crippen LogP contribution >= 0.6 is 12.4 Å². The van der Waals surface area contributed by atoms with Crippen LogP contribution in [0.1, 0.15) is 60.1 Å². The van der Waals surface area contributed by atoms with Gasteiger partial charge < -0.3 is 11.1 Å². The van der Waals surface area contributed by atoms with Crippen molar-refractivity contribution in [1.29, 1.82) is 0 Å². The number of rotatable bonds is 8. The molecule has 140 valence electrons. The van der Waals surface area contributed by atoms with Gasteiger partial charge in [-0.15, -0.1) is 12.4 Å². The minimum absolute atomic E-state index is 0. The van der Waals surface area contributed by atoms with E-state index >= 15 is 0 Å². The average Bonchev–Trinajstić information content (AvgIpc) is 2.64. The summed E-state index contributed by atoms with van der Waals surface area (Å²) in [5, 5.41) is 2.81. The van der Waals surface area contributed by atoms with Crippen LogP contribution in [-0.2, 0) is 4.79 Å². The van der Waals surface area contributed by atoms with Gasteiger partial charge >= 0.3 is 0 Å². The normalized spacial score (nSPS) is 11.5. The van der Waals surface area contributed by atoms with Gasteiger partial charge in [0.05, 0.1) is 0 Å². The first-order valence-electron chi connectivity index (χ1n) is 8.67. The van der Waals surface area contributed by atoms with E-state index in [4.69, 9.17) is 5.73 Å². The molecular weight excluding hydrogens is 348 g/mol. The topological polar surface area (TPSA) is 72.2 Å². The van der Waals surface area contributed by atoms with E-state index in [1.807, 2.05) is 30.3 Å². The van der Waals surface area contributed by atoms with Crippen LogP contribution < -0.4 is 11.1 Å². The van der Waals surface area contributed by atoms with Crippen LogP contribution in [-0.4, -0.2) is 18.2 Å². The first-order chi connectivity index (χ1) is 12.0. The molecule has 0 radical (unpaired) electrons. The molecule has 1 unspecified atom stereocenters. The number of Topliss-reactive ketones (excluding diaryl/α,β-unsaturated/α-hetero) is 1. The zero-order chi connectivity index (χ0) is 18.2. The second-order valence-electron chi connectivity index (χ2n) is 6.52. The Morgan fingerprint density at radius 1 is 0.923 bits per heavy atom. The Morgan fingerprint density at radius 2 is 1.50 bits per heavy atom. The third kappa shape index (κ3) is 6.62. The number of carbonyl (C=O) groups is 2. The summed E-state index contributed by atoms with van der Waals surface area (Å²) in [6, 6.07) is 16.9. The van der Waals surface area contributed by atoms with E-state index in [1.54, 1.807) is 12.1 Å². The molecule has 0 saturated heterocycles. The smallest absolute Gasteiger partial charge is 0.220 e. The van der Waals surface area contributed by atoms with Crippen LogP contribution in [0.15, 0.2) is 54.6 Å². The van der Waals surface area contributed by atoms with Gasteiger partial charge in [-0.1, -0.05) is 68.4 Å². The van der Waals surface area contributed by atoms with Gasteiger partial charge in [0.15, 0.2) is 5.78 Å². The van der Waals surface area contributed by atoms with Crippen molar-refractivity contribution in [2.75, 3.05) is 6.54 Å². The first kappa shape index (κ1) is 21.9. The second kappa shape index (κ2) is 10.7. The minimum Gasteiger partial charge on any atom is -0.354 e. The van der Waals surface area contributed by atoms with Gasteiger partial charge in [0, 0.05) is 31.0 Å². The van der Waals surface area contributed by atoms with Crippen molar-refractivity contribution >= 4 is 24.1 Å². The molecule has 1 amide bonds. The number of hydrogen-bond donors (Lipinski definition) is 2. The molecule has 26 heavy (non-hydrogen) atoms. The number of hydrogen-bond acceptors (Lipinski definition) is 3. The fraction of sp³-hybridized carbons (Fsp3) is 0.333. The van der Waals surface area contributed by atoms with E-state index in [9.17, 15) is 9.59 Å². The third-order valence-electron chi connectivity index (χ3n) is 4.23. The Labute approximate surface area is 161 Å². The Morgan fingerprint density at radius 3 is 2.08 bits per heavy atom.